The van der Waals surface area contributed by atoms with Crippen molar-refractivity contribution in [3.63, 3.8) is 0 Å². The number of sulfonamides is 1. The topological polar surface area (TPSA) is 82.1 Å². The lowest BCUT2D eigenvalue weighted by molar-refractivity contribution is -0.210. The molecule has 3 aliphatic carbocycles. The van der Waals surface area contributed by atoms with Crippen molar-refractivity contribution in [2.24, 2.45) is 16.3 Å². The minimum Gasteiger partial charge on any atom is -0.360 e. The number of carbonyl (C=O) groups excluding carboxylic acids is 1. The molecule has 3 saturated carbocycles. The Morgan fingerprint density at radius 3 is 2.34 bits per heavy atom. The molecule has 0 spiro atoms. The number of benzene rings is 2. The lowest BCUT2D eigenvalue weighted by atomic mass is 9.38. The second-order valence-corrected chi connectivity index (χ2v) is 14.6. The number of amidine groups is 1. The van der Waals surface area contributed by atoms with Crippen LogP contribution in [0.15, 0.2) is 58.4 Å². The Balaban J connectivity index is 1.21. The first-order chi connectivity index (χ1) is 19.1. The van der Waals surface area contributed by atoms with Gasteiger partial charge in [0.25, 0.3) is 0 Å². The zero-order chi connectivity index (χ0) is 29.6. The first-order valence-corrected chi connectivity index (χ1v) is 15.1. The molecule has 4 fully saturated rings. The van der Waals surface area contributed by atoms with Crippen LogP contribution in [0.25, 0.3) is 0 Å². The van der Waals surface area contributed by atoms with Crippen molar-refractivity contribution < 1.29 is 30.8 Å². The number of nitrogens with zero attached hydrogens (tertiary/aromatic N) is 3. The maximum atomic E-state index is 14.2. The van der Waals surface area contributed by atoms with Crippen LogP contribution >= 0.6 is 11.6 Å². The number of aliphatic imine (C=N–C) groups is 1. The van der Waals surface area contributed by atoms with Gasteiger partial charge < -0.3 is 10.2 Å². The molecule has 1 amide bonds. The van der Waals surface area contributed by atoms with Crippen LogP contribution in [0.3, 0.4) is 0 Å². The molecule has 2 heterocycles. The highest BCUT2D eigenvalue weighted by atomic mass is 35.5. The fourth-order valence-electron chi connectivity index (χ4n) is 6.66. The van der Waals surface area contributed by atoms with Gasteiger partial charge >= 0.3 is 6.18 Å². The molecule has 5 aliphatic rings. The number of halogens is 5. The van der Waals surface area contributed by atoms with Crippen molar-refractivity contribution in [2.75, 3.05) is 13.1 Å². The molecule has 1 saturated heterocycles. The van der Waals surface area contributed by atoms with Crippen molar-refractivity contribution in [2.45, 2.75) is 67.8 Å². The van der Waals surface area contributed by atoms with E-state index < -0.39 is 56.4 Å². The first kappa shape index (κ1) is 28.4. The Hall–Kier alpha value is -2.70. The average Bonchev–Trinajstić information content (AvgIpc) is 3.12. The number of carbonyl (C=O) groups is 1. The van der Waals surface area contributed by atoms with Gasteiger partial charge in [-0.3, -0.25) is 9.79 Å². The largest absolute Gasteiger partial charge is 0.395 e. The molecule has 2 bridgehead atoms. The summed E-state index contributed by atoms with van der Waals surface area (Å²) in [5.74, 6) is -1.99. The van der Waals surface area contributed by atoms with E-state index in [1.807, 2.05) is 0 Å². The highest BCUT2D eigenvalue weighted by Crippen LogP contribution is 2.71. The third-order valence-corrected chi connectivity index (χ3v) is 11.2. The van der Waals surface area contributed by atoms with Crippen molar-refractivity contribution in [3.05, 3.63) is 64.9 Å². The second kappa shape index (κ2) is 9.15. The van der Waals surface area contributed by atoms with Crippen molar-refractivity contribution >= 4 is 33.4 Å². The Labute approximate surface area is 240 Å². The molecule has 2 aliphatic heterocycles. The van der Waals surface area contributed by atoms with Gasteiger partial charge in [0.15, 0.2) is 0 Å². The summed E-state index contributed by atoms with van der Waals surface area (Å²) < 4.78 is 82.3. The maximum absolute atomic E-state index is 14.2. The lowest BCUT2D eigenvalue weighted by Gasteiger charge is -2.72. The van der Waals surface area contributed by atoms with Crippen LogP contribution in [0.5, 0.6) is 0 Å². The smallest absolute Gasteiger partial charge is 0.360 e. The molecule has 0 radical (unpaired) electrons. The van der Waals surface area contributed by atoms with Crippen LogP contribution in [0.4, 0.5) is 17.6 Å². The molecule has 7 nitrogen and oxygen atoms in total. The number of rotatable bonds is 7. The number of alkyl halides is 3. The fourth-order valence-corrected chi connectivity index (χ4v) is 8.56. The molecule has 7 rings (SSSR count). The number of amides is 1. The molecule has 1 atom stereocenters. The minimum atomic E-state index is -4.33. The lowest BCUT2D eigenvalue weighted by Crippen LogP contribution is -2.78. The van der Waals surface area contributed by atoms with Gasteiger partial charge in [-0.2, -0.15) is 17.5 Å². The minimum absolute atomic E-state index is 0.0523. The highest BCUT2D eigenvalue weighted by molar-refractivity contribution is 7.89. The fraction of sp³-hybridized carbons (Fsp3) is 0.500. The van der Waals surface area contributed by atoms with Crippen molar-refractivity contribution in [1.29, 1.82) is 0 Å². The number of hydrogen-bond acceptors (Lipinski definition) is 5. The zero-order valence-electron chi connectivity index (χ0n) is 22.4. The summed E-state index contributed by atoms with van der Waals surface area (Å²) in [6.07, 6.45) is -2.98. The second-order valence-electron chi connectivity index (χ2n) is 12.3. The van der Waals surface area contributed by atoms with Gasteiger partial charge in [0.1, 0.15) is 17.7 Å². The zero-order valence-corrected chi connectivity index (χ0v) is 24.0. The summed E-state index contributed by atoms with van der Waals surface area (Å²) in [6.45, 7) is 2.75. The molecular weight excluding hydrogens is 584 g/mol. The molecule has 41 heavy (non-hydrogen) atoms. The normalized spacial score (nSPS) is 28.8. The summed E-state index contributed by atoms with van der Waals surface area (Å²) in [5, 5.41) is 3.14. The standard InChI is InChI=1S/C28H29ClF4N4O3S/c1-25(2)22(23(38)36-12-18(13-36)28(31,32)33)34-24(35-25)26-14-27(15-26,16-26)37(11-17-8-9-20(29)21(30)10-17)41(39,40)19-6-4-3-5-7-19/h3-10,18,22H,11-16H2,1-2H3,(H,34,35)/t22-,26?,27?/m0/s1. The Morgan fingerprint density at radius 2 is 1.76 bits per heavy atom. The van der Waals surface area contributed by atoms with E-state index in [9.17, 15) is 30.8 Å². The number of likely N-dealkylation sites (tertiary alicyclic amines) is 1. The van der Waals surface area contributed by atoms with Gasteiger partial charge in [-0.1, -0.05) is 35.9 Å². The third-order valence-electron chi connectivity index (χ3n) is 8.97. The molecular formula is C28H29ClF4N4O3S. The summed E-state index contributed by atoms with van der Waals surface area (Å²) in [5.41, 5.74) is -1.61. The molecule has 220 valence electrons. The molecule has 2 aromatic carbocycles. The van der Waals surface area contributed by atoms with Gasteiger partial charge in [-0.25, -0.2) is 12.8 Å². The Morgan fingerprint density at radius 1 is 1.12 bits per heavy atom. The molecule has 1 N–H and O–H groups in total. The summed E-state index contributed by atoms with van der Waals surface area (Å²) >= 11 is 5.84. The summed E-state index contributed by atoms with van der Waals surface area (Å²) in [6, 6.07) is 11.5. The average molecular weight is 613 g/mol. The quantitative estimate of drug-likeness (QED) is 0.457. The van der Waals surface area contributed by atoms with Gasteiger partial charge in [0, 0.05) is 30.6 Å². The van der Waals surface area contributed by atoms with Gasteiger partial charge in [0.2, 0.25) is 15.9 Å². The van der Waals surface area contributed by atoms with Crippen LogP contribution in [0, 0.1) is 17.2 Å². The van der Waals surface area contributed by atoms with Gasteiger partial charge in [0.05, 0.1) is 21.4 Å². The number of hydrogen-bond donors (Lipinski definition) is 1. The van der Waals surface area contributed by atoms with Gasteiger partial charge in [-0.15, -0.1) is 0 Å². The number of nitrogens with one attached hydrogen (secondary N) is 1. The highest BCUT2D eigenvalue weighted by Gasteiger charge is 2.75. The van der Waals surface area contributed by atoms with E-state index in [0.29, 0.717) is 30.7 Å². The summed E-state index contributed by atoms with van der Waals surface area (Å²) in [4.78, 5) is 19.2. The monoisotopic (exact) mass is 612 g/mol. The first-order valence-electron chi connectivity index (χ1n) is 13.3. The van der Waals surface area contributed by atoms with Crippen LogP contribution in [0.2, 0.25) is 5.02 Å². The Kier molecular flexibility index (Phi) is 6.34. The molecule has 2 aromatic rings. The SMILES string of the molecule is CC1(C)N=C(C23CC(N(Cc4ccc(Cl)c(F)c4)S(=O)(=O)c4ccccc4)(C2)C3)N[C@H]1C(=O)N1CC(C(F)(F)F)C1. The van der Waals surface area contributed by atoms with Crippen molar-refractivity contribution in [3.8, 4) is 0 Å². The molecule has 13 heteroatoms. The van der Waals surface area contributed by atoms with Crippen LogP contribution in [-0.2, 0) is 21.4 Å². The van der Waals surface area contributed by atoms with E-state index in [2.05, 4.69) is 5.32 Å². The molecule has 0 aromatic heterocycles. The van der Waals surface area contributed by atoms with E-state index in [-0.39, 0.29) is 29.6 Å². The van der Waals surface area contributed by atoms with Crippen molar-refractivity contribution in [1.82, 2.24) is 14.5 Å². The van der Waals surface area contributed by atoms with Crippen LogP contribution in [-0.4, -0.2) is 65.8 Å². The molecule has 0 unspecified atom stereocenters. The van der Waals surface area contributed by atoms with Crippen LogP contribution < -0.4 is 5.32 Å². The van der Waals surface area contributed by atoms with E-state index >= 15 is 0 Å². The predicted octanol–water partition coefficient (Wildman–Crippen LogP) is 4.76. The van der Waals surface area contributed by atoms with Crippen LogP contribution in [0.1, 0.15) is 38.7 Å². The predicted molar refractivity (Wildman–Crippen MR) is 144 cm³/mol. The third kappa shape index (κ3) is 4.53. The maximum Gasteiger partial charge on any atom is 0.395 e. The van der Waals surface area contributed by atoms with Gasteiger partial charge in [-0.05, 0) is 62.9 Å². The van der Waals surface area contributed by atoms with E-state index in [0.717, 1.165) is 0 Å². The van der Waals surface area contributed by atoms with E-state index in [1.165, 1.54) is 33.5 Å². The van der Waals surface area contributed by atoms with E-state index in [4.69, 9.17) is 16.6 Å². The van der Waals surface area contributed by atoms with E-state index in [1.54, 1.807) is 38.1 Å². The summed E-state index contributed by atoms with van der Waals surface area (Å²) in [7, 11) is -3.96. The Bertz CT molecular complexity index is 1520.